The van der Waals surface area contributed by atoms with Crippen molar-refractivity contribution in [3.63, 3.8) is 0 Å². The van der Waals surface area contributed by atoms with Crippen LogP contribution in [0.5, 0.6) is 11.5 Å². The fourth-order valence-electron chi connectivity index (χ4n) is 8.84. The van der Waals surface area contributed by atoms with Crippen LogP contribution in [0.2, 0.25) is 0 Å². The number of amides is 4. The van der Waals surface area contributed by atoms with Gasteiger partial charge in [-0.15, -0.1) is 6.58 Å². The number of sulfonamides is 1. The number of hydrogen-bond acceptors (Lipinski definition) is 11. The monoisotopic (exact) mass is 842 g/mol. The molecule has 4 aliphatic carbocycles. The molecule has 0 spiro atoms. The topological polar surface area (TPSA) is 195 Å². The number of likely N-dealkylation sites (tertiary alicyclic amines) is 1. The Labute approximate surface area is 350 Å². The molecular weight excluding hydrogens is 789 g/mol. The van der Waals surface area contributed by atoms with E-state index in [9.17, 15) is 27.6 Å². The first-order chi connectivity index (χ1) is 28.8. The van der Waals surface area contributed by atoms with Gasteiger partial charge < -0.3 is 29.7 Å². The maximum absolute atomic E-state index is 14.6. The van der Waals surface area contributed by atoms with Gasteiger partial charge in [0.05, 0.1) is 35.8 Å². The molecule has 1 saturated heterocycles. The number of carbonyl (C=O) groups is 4. The van der Waals surface area contributed by atoms with Crippen molar-refractivity contribution in [2.24, 2.45) is 11.8 Å². The molecule has 320 valence electrons. The number of aromatic nitrogens is 2. The highest BCUT2D eigenvalue weighted by molar-refractivity contribution is 7.91. The molecule has 0 bridgehead atoms. The third-order valence-electron chi connectivity index (χ3n) is 12.6. The molecule has 1 aromatic carbocycles. The van der Waals surface area contributed by atoms with E-state index in [-0.39, 0.29) is 31.4 Å². The SMILES string of the molecule is C=CC1CC1(NC(=O)[C@@H]1C[C@@H](Oc2cc(-c3ccc4c(n3)CCCC4)nc3cc(OC)ccc23)CN1C(=O)[C@@H](NC(=O)OC1CCCC1)C(C)C)C(=O)NS(=O)(=O)C1CC1. The van der Waals surface area contributed by atoms with Gasteiger partial charge in [-0.3, -0.25) is 24.1 Å². The maximum atomic E-state index is 14.6. The molecule has 5 aliphatic rings. The summed E-state index contributed by atoms with van der Waals surface area (Å²) < 4.78 is 45.8. The Morgan fingerprint density at radius 3 is 2.42 bits per heavy atom. The second-order valence-electron chi connectivity index (χ2n) is 17.2. The zero-order valence-electron chi connectivity index (χ0n) is 34.4. The van der Waals surface area contributed by atoms with Gasteiger partial charge in [-0.1, -0.05) is 26.0 Å². The Morgan fingerprint density at radius 2 is 1.72 bits per heavy atom. The first kappa shape index (κ1) is 41.5. The fourth-order valence-corrected chi connectivity index (χ4v) is 10.2. The maximum Gasteiger partial charge on any atom is 0.408 e. The average Bonchev–Trinajstić information content (AvgIpc) is 4.12. The van der Waals surface area contributed by atoms with Crippen molar-refractivity contribution in [3.05, 3.63) is 60.3 Å². The highest BCUT2D eigenvalue weighted by Gasteiger charge is 2.62. The number of pyridine rings is 2. The zero-order chi connectivity index (χ0) is 42.3. The first-order valence-electron chi connectivity index (χ1n) is 21.2. The second kappa shape index (κ2) is 16.7. The molecule has 15 nitrogen and oxygen atoms in total. The number of carbonyl (C=O) groups excluding carboxylic acids is 4. The average molecular weight is 843 g/mol. The highest BCUT2D eigenvalue weighted by Crippen LogP contribution is 2.46. The minimum atomic E-state index is -3.91. The molecule has 8 rings (SSSR count). The van der Waals surface area contributed by atoms with Crippen molar-refractivity contribution < 1.29 is 41.8 Å². The highest BCUT2D eigenvalue weighted by atomic mass is 32.2. The normalized spacial score (nSPS) is 24.3. The van der Waals surface area contributed by atoms with Crippen molar-refractivity contribution in [2.45, 2.75) is 126 Å². The zero-order valence-corrected chi connectivity index (χ0v) is 35.2. The molecular formula is C44H54N6O9S. The molecule has 16 heteroatoms. The van der Waals surface area contributed by atoms with Gasteiger partial charge in [-0.05, 0) is 100 Å². The van der Waals surface area contributed by atoms with E-state index in [0.717, 1.165) is 57.1 Å². The van der Waals surface area contributed by atoms with E-state index >= 15 is 0 Å². The first-order valence-corrected chi connectivity index (χ1v) is 22.8. The summed E-state index contributed by atoms with van der Waals surface area (Å²) in [6, 6.07) is 9.15. The summed E-state index contributed by atoms with van der Waals surface area (Å²) in [7, 11) is -2.34. The summed E-state index contributed by atoms with van der Waals surface area (Å²) >= 11 is 0. The number of nitrogens with one attached hydrogen (secondary N) is 3. The van der Waals surface area contributed by atoms with Gasteiger partial charge in [0.25, 0.3) is 5.91 Å². The van der Waals surface area contributed by atoms with Crippen LogP contribution in [-0.2, 0) is 42.0 Å². The van der Waals surface area contributed by atoms with Crippen molar-refractivity contribution >= 4 is 44.7 Å². The minimum absolute atomic E-state index is 0.0259. The Bertz CT molecular complexity index is 2310. The Morgan fingerprint density at radius 1 is 0.950 bits per heavy atom. The van der Waals surface area contributed by atoms with Gasteiger partial charge in [0.15, 0.2) is 0 Å². The lowest BCUT2D eigenvalue weighted by molar-refractivity contribution is -0.141. The minimum Gasteiger partial charge on any atom is -0.497 e. The molecule has 3 heterocycles. The molecule has 0 radical (unpaired) electrons. The number of methoxy groups -OCH3 is 1. The van der Waals surface area contributed by atoms with Crippen LogP contribution in [0.4, 0.5) is 4.79 Å². The molecule has 5 atom stereocenters. The second-order valence-corrected chi connectivity index (χ2v) is 19.2. The summed E-state index contributed by atoms with van der Waals surface area (Å²) in [6.45, 7) is 7.36. The number of benzene rings is 1. The van der Waals surface area contributed by atoms with E-state index < -0.39 is 68.7 Å². The Hall–Kier alpha value is -5.25. The van der Waals surface area contributed by atoms with E-state index in [0.29, 0.717) is 46.6 Å². The van der Waals surface area contributed by atoms with Crippen LogP contribution in [0.15, 0.2) is 49.1 Å². The fraction of sp³-hybridized carbons (Fsp3) is 0.545. The quantitative estimate of drug-likeness (QED) is 0.187. The van der Waals surface area contributed by atoms with Gasteiger partial charge in [0.2, 0.25) is 21.8 Å². The lowest BCUT2D eigenvalue weighted by atomic mass is 9.95. The third kappa shape index (κ3) is 8.52. The third-order valence-corrected chi connectivity index (χ3v) is 14.4. The van der Waals surface area contributed by atoms with Gasteiger partial charge in [-0.2, -0.15) is 0 Å². The molecule has 3 N–H and O–H groups in total. The Balaban J connectivity index is 1.10. The molecule has 60 heavy (non-hydrogen) atoms. The number of nitrogens with zero attached hydrogens (tertiary/aromatic N) is 3. The van der Waals surface area contributed by atoms with E-state index in [1.54, 1.807) is 27.0 Å². The van der Waals surface area contributed by atoms with E-state index in [1.165, 1.54) is 16.5 Å². The summed E-state index contributed by atoms with van der Waals surface area (Å²) in [5.41, 5.74) is 2.60. The molecule has 2 unspecified atom stereocenters. The van der Waals surface area contributed by atoms with Gasteiger partial charge in [0.1, 0.15) is 41.3 Å². The summed E-state index contributed by atoms with van der Waals surface area (Å²) in [4.78, 5) is 67.2. The summed E-state index contributed by atoms with van der Waals surface area (Å²) in [6.07, 6.45) is 8.44. The largest absolute Gasteiger partial charge is 0.497 e. The number of aryl methyl sites for hydroxylation is 2. The molecule has 1 aliphatic heterocycles. The lowest BCUT2D eigenvalue weighted by Gasteiger charge is -2.31. The van der Waals surface area contributed by atoms with Crippen molar-refractivity contribution in [3.8, 4) is 22.9 Å². The molecule has 4 fully saturated rings. The van der Waals surface area contributed by atoms with Crippen LogP contribution in [-0.4, -0.2) is 95.8 Å². The van der Waals surface area contributed by atoms with Crippen LogP contribution >= 0.6 is 0 Å². The van der Waals surface area contributed by atoms with Crippen molar-refractivity contribution in [1.82, 2.24) is 30.2 Å². The number of ether oxygens (including phenoxy) is 3. The van der Waals surface area contributed by atoms with Crippen molar-refractivity contribution in [2.75, 3.05) is 13.7 Å². The number of fused-ring (bicyclic) bond motifs is 2. The van der Waals surface area contributed by atoms with Gasteiger partial charge >= 0.3 is 6.09 Å². The van der Waals surface area contributed by atoms with Crippen molar-refractivity contribution in [1.29, 1.82) is 0 Å². The van der Waals surface area contributed by atoms with Gasteiger partial charge in [0, 0.05) is 35.6 Å². The van der Waals surface area contributed by atoms with Crippen LogP contribution in [0.25, 0.3) is 22.3 Å². The number of alkyl carbamates (subject to hydrolysis) is 1. The number of hydrogen-bond donors (Lipinski definition) is 3. The van der Waals surface area contributed by atoms with E-state index in [1.807, 2.05) is 24.3 Å². The lowest BCUT2D eigenvalue weighted by Crippen LogP contribution is -2.59. The molecule has 3 aromatic rings. The van der Waals surface area contributed by atoms with Crippen LogP contribution < -0.4 is 24.8 Å². The summed E-state index contributed by atoms with van der Waals surface area (Å²) in [5.74, 6) is -1.86. The number of rotatable bonds is 14. The Kier molecular flexibility index (Phi) is 11.5. The van der Waals surface area contributed by atoms with Crippen LogP contribution in [0.1, 0.15) is 89.3 Å². The smallest absolute Gasteiger partial charge is 0.408 e. The molecule has 2 aromatic heterocycles. The van der Waals surface area contributed by atoms with E-state index in [2.05, 4.69) is 28.0 Å². The van der Waals surface area contributed by atoms with Crippen LogP contribution in [0.3, 0.4) is 0 Å². The van der Waals surface area contributed by atoms with Crippen LogP contribution in [0, 0.1) is 11.8 Å². The van der Waals surface area contributed by atoms with Gasteiger partial charge in [-0.25, -0.2) is 18.2 Å². The molecule has 3 saturated carbocycles. The predicted molar refractivity (Wildman–Crippen MR) is 222 cm³/mol. The molecule has 4 amide bonds. The summed E-state index contributed by atoms with van der Waals surface area (Å²) in [5, 5.41) is 5.64. The standard InChI is InChI=1S/C44H54N6O9S/c1-5-27-23-44(27,42(53)49-60(55,56)31-16-17-31)48-40(51)37-21-30(24-50(37)41(52)39(25(2)3)47-43(54)59-28-11-7-8-12-28)58-38-22-36(46-35-20-29(57-4)15-18-32(35)38)34-19-14-26-10-6-9-13-33(26)45-34/h5,14-15,18-20,22,25,27-28,30-31,37,39H,1,6-13,16-17,21,23-24H2,2-4H3,(H,47,54)(H,48,51)(H,49,53)/t27?,30-,37+,39+,44?/m1/s1. The predicted octanol–water partition coefficient (Wildman–Crippen LogP) is 4.90. The van der Waals surface area contributed by atoms with E-state index in [4.69, 9.17) is 24.2 Å².